The lowest BCUT2D eigenvalue weighted by Crippen LogP contribution is -2.25. The first-order valence-corrected chi connectivity index (χ1v) is 7.11. The van der Waals surface area contributed by atoms with Gasteiger partial charge in [-0.2, -0.15) is 5.26 Å². The number of rotatable bonds is 4. The van der Waals surface area contributed by atoms with E-state index in [0.717, 1.165) is 6.07 Å². The van der Waals surface area contributed by atoms with E-state index >= 15 is 0 Å². The average molecular weight is 321 g/mol. The third-order valence-corrected chi connectivity index (χ3v) is 4.38. The second kappa shape index (κ2) is 5.47. The smallest absolute Gasteiger partial charge is 0.249 e. The van der Waals surface area contributed by atoms with Crippen LogP contribution in [0.5, 0.6) is 0 Å². The minimum Gasteiger partial charge on any atom is -0.282 e. The number of halogens is 2. The Bertz CT molecular complexity index is 554. The molecule has 0 saturated heterocycles. The van der Waals surface area contributed by atoms with Crippen molar-refractivity contribution in [3.63, 3.8) is 0 Å². The summed E-state index contributed by atoms with van der Waals surface area (Å²) < 4.78 is 38.8. The summed E-state index contributed by atoms with van der Waals surface area (Å²) in [7, 11) is -3.76. The number of nitrogens with zero attached hydrogens (tertiary/aromatic N) is 1. The summed E-state index contributed by atoms with van der Waals surface area (Å²) in [6.07, 6.45) is 0.189. The molecule has 1 rings (SSSR count). The maximum absolute atomic E-state index is 12.9. The van der Waals surface area contributed by atoms with Crippen LogP contribution in [-0.2, 0) is 10.0 Å². The fraction of sp³-hybridized carbons (Fsp3) is 0.300. The van der Waals surface area contributed by atoms with Crippen LogP contribution in [0.15, 0.2) is 22.7 Å². The van der Waals surface area contributed by atoms with Gasteiger partial charge in [0.25, 0.3) is 0 Å². The van der Waals surface area contributed by atoms with Crippen molar-refractivity contribution < 1.29 is 12.8 Å². The quantitative estimate of drug-likeness (QED) is 0.927. The third-order valence-electron chi connectivity index (χ3n) is 2.07. The zero-order valence-corrected chi connectivity index (χ0v) is 11.3. The van der Waals surface area contributed by atoms with Crippen molar-refractivity contribution >= 4 is 31.6 Å². The number of anilines is 1. The van der Waals surface area contributed by atoms with Gasteiger partial charge in [-0.15, -0.1) is 0 Å². The number of nitriles is 1. The summed E-state index contributed by atoms with van der Waals surface area (Å²) in [5, 5.41) is 7.58. The molecule has 0 saturated carbocycles. The van der Waals surface area contributed by atoms with Gasteiger partial charge >= 0.3 is 0 Å². The molecule has 0 heterocycles. The summed E-state index contributed by atoms with van der Waals surface area (Å²) in [4.78, 5) is 0. The molecule has 0 amide bonds. The summed E-state index contributed by atoms with van der Waals surface area (Å²) in [5.74, 6) is -0.486. The molecule has 92 valence electrons. The summed E-state index contributed by atoms with van der Waals surface area (Å²) >= 11 is 2.95. The van der Waals surface area contributed by atoms with E-state index in [0.29, 0.717) is 0 Å². The number of sulfonamides is 1. The van der Waals surface area contributed by atoms with Crippen molar-refractivity contribution in [2.24, 2.45) is 0 Å². The first-order chi connectivity index (χ1) is 7.90. The minimum atomic E-state index is -3.76. The lowest BCUT2D eigenvalue weighted by molar-refractivity contribution is 0.592. The van der Waals surface area contributed by atoms with Gasteiger partial charge in [0.15, 0.2) is 5.25 Å². The molecule has 0 aromatic heterocycles. The van der Waals surface area contributed by atoms with E-state index < -0.39 is 21.1 Å². The van der Waals surface area contributed by atoms with E-state index in [9.17, 15) is 12.8 Å². The largest absolute Gasteiger partial charge is 0.282 e. The second-order valence-corrected chi connectivity index (χ2v) is 6.02. The van der Waals surface area contributed by atoms with Crippen LogP contribution in [0.2, 0.25) is 0 Å². The number of benzene rings is 1. The SMILES string of the molecule is CCC(C#N)S(=O)(=O)Nc1ccc(F)c(Br)c1. The lowest BCUT2D eigenvalue weighted by Gasteiger charge is -2.11. The third kappa shape index (κ3) is 3.41. The second-order valence-electron chi connectivity index (χ2n) is 3.30. The molecule has 1 aromatic carbocycles. The molecule has 0 fully saturated rings. The molecule has 0 spiro atoms. The Morgan fingerprint density at radius 3 is 2.71 bits per heavy atom. The van der Waals surface area contributed by atoms with Gasteiger partial charge in [0.1, 0.15) is 5.82 Å². The van der Waals surface area contributed by atoms with Crippen molar-refractivity contribution in [1.29, 1.82) is 5.26 Å². The molecule has 4 nitrogen and oxygen atoms in total. The number of hydrogen-bond donors (Lipinski definition) is 1. The zero-order chi connectivity index (χ0) is 13.1. The molecular formula is C10H10BrFN2O2S. The number of nitrogens with one attached hydrogen (secondary N) is 1. The van der Waals surface area contributed by atoms with Crippen LogP contribution in [0.4, 0.5) is 10.1 Å². The van der Waals surface area contributed by atoms with Gasteiger partial charge in [-0.25, -0.2) is 12.8 Å². The highest BCUT2D eigenvalue weighted by molar-refractivity contribution is 9.10. The Balaban J connectivity index is 2.99. The van der Waals surface area contributed by atoms with Crippen molar-refractivity contribution in [2.45, 2.75) is 18.6 Å². The van der Waals surface area contributed by atoms with E-state index in [4.69, 9.17) is 5.26 Å². The van der Waals surface area contributed by atoms with Crippen molar-refractivity contribution in [1.82, 2.24) is 0 Å². The van der Waals surface area contributed by atoms with Crippen LogP contribution in [0.25, 0.3) is 0 Å². The van der Waals surface area contributed by atoms with Crippen LogP contribution < -0.4 is 4.72 Å². The molecule has 0 aliphatic heterocycles. The minimum absolute atomic E-state index is 0.155. The van der Waals surface area contributed by atoms with Crippen molar-refractivity contribution in [3.8, 4) is 6.07 Å². The molecular weight excluding hydrogens is 311 g/mol. The lowest BCUT2D eigenvalue weighted by atomic mass is 10.3. The summed E-state index contributed by atoms with van der Waals surface area (Å²) in [5.41, 5.74) is 0.215. The topological polar surface area (TPSA) is 70.0 Å². The van der Waals surface area contributed by atoms with Crippen LogP contribution in [-0.4, -0.2) is 13.7 Å². The maximum Gasteiger partial charge on any atom is 0.249 e. The molecule has 1 aromatic rings. The Hall–Kier alpha value is -1.13. The zero-order valence-electron chi connectivity index (χ0n) is 8.94. The van der Waals surface area contributed by atoms with Crippen LogP contribution >= 0.6 is 15.9 Å². The van der Waals surface area contributed by atoms with Gasteiger partial charge in [0.05, 0.1) is 10.5 Å². The number of hydrogen-bond acceptors (Lipinski definition) is 3. The van der Waals surface area contributed by atoms with Crippen molar-refractivity contribution in [2.75, 3.05) is 4.72 Å². The first-order valence-electron chi connectivity index (χ1n) is 4.77. The summed E-state index contributed by atoms with van der Waals surface area (Å²) in [6, 6.07) is 5.43. The van der Waals surface area contributed by atoms with Crippen molar-refractivity contribution in [3.05, 3.63) is 28.5 Å². The fourth-order valence-electron chi connectivity index (χ4n) is 1.18. The summed E-state index contributed by atoms with van der Waals surface area (Å²) in [6.45, 7) is 1.60. The monoisotopic (exact) mass is 320 g/mol. The van der Waals surface area contributed by atoms with E-state index in [1.807, 2.05) is 0 Å². The van der Waals surface area contributed by atoms with E-state index in [1.54, 1.807) is 13.0 Å². The molecule has 1 unspecified atom stereocenters. The predicted molar refractivity (Wildman–Crippen MR) is 66.3 cm³/mol. The molecule has 7 heteroatoms. The first kappa shape index (κ1) is 13.9. The average Bonchev–Trinajstić information content (AvgIpc) is 2.24. The maximum atomic E-state index is 12.9. The van der Waals surface area contributed by atoms with Crippen LogP contribution in [0.1, 0.15) is 13.3 Å². The Morgan fingerprint density at radius 2 is 2.24 bits per heavy atom. The highest BCUT2D eigenvalue weighted by Gasteiger charge is 2.23. The van der Waals surface area contributed by atoms with Crippen LogP contribution in [0.3, 0.4) is 0 Å². The van der Waals surface area contributed by atoms with Gasteiger partial charge in [-0.1, -0.05) is 6.92 Å². The van der Waals surface area contributed by atoms with Crippen LogP contribution in [0, 0.1) is 17.1 Å². The fourth-order valence-corrected chi connectivity index (χ4v) is 2.73. The molecule has 0 bridgehead atoms. The normalized spacial score (nSPS) is 12.8. The molecule has 1 atom stereocenters. The van der Waals surface area contributed by atoms with Gasteiger partial charge in [-0.05, 0) is 40.5 Å². The highest BCUT2D eigenvalue weighted by atomic mass is 79.9. The van der Waals surface area contributed by atoms with E-state index in [1.165, 1.54) is 12.1 Å². The Morgan fingerprint density at radius 1 is 1.59 bits per heavy atom. The predicted octanol–water partition coefficient (Wildman–Crippen LogP) is 2.63. The van der Waals surface area contributed by atoms with Gasteiger partial charge in [0, 0.05) is 5.69 Å². The van der Waals surface area contributed by atoms with Gasteiger partial charge in [0.2, 0.25) is 10.0 Å². The van der Waals surface area contributed by atoms with E-state index in [2.05, 4.69) is 20.7 Å². The van der Waals surface area contributed by atoms with Gasteiger partial charge in [-0.3, -0.25) is 4.72 Å². The van der Waals surface area contributed by atoms with Gasteiger partial charge < -0.3 is 0 Å². The molecule has 0 aliphatic carbocycles. The highest BCUT2D eigenvalue weighted by Crippen LogP contribution is 2.21. The standard InChI is InChI=1S/C10H10BrFN2O2S/c1-2-8(6-13)17(15,16)14-7-3-4-10(12)9(11)5-7/h3-5,8,14H,2H2,1H3. The van der Waals surface area contributed by atoms with E-state index in [-0.39, 0.29) is 16.6 Å². The Kier molecular flexibility index (Phi) is 4.48. The molecule has 0 radical (unpaired) electrons. The molecule has 1 N–H and O–H groups in total. The molecule has 0 aliphatic rings. The Labute approximate surface area is 108 Å². The molecule has 17 heavy (non-hydrogen) atoms.